The number of hydrogen-bond donors (Lipinski definition) is 2. The van der Waals surface area contributed by atoms with E-state index in [0.29, 0.717) is 0 Å². The van der Waals surface area contributed by atoms with Crippen LogP contribution in [0.4, 0.5) is 0 Å². The van der Waals surface area contributed by atoms with Gasteiger partial charge in [-0.2, -0.15) is 0 Å². The number of piperidine rings is 1. The van der Waals surface area contributed by atoms with Gasteiger partial charge in [0.2, 0.25) is 5.91 Å². The molecule has 0 radical (unpaired) electrons. The molecule has 1 heterocycles. The molecule has 2 aromatic rings. The fourth-order valence-corrected chi connectivity index (χ4v) is 3.10. The zero-order valence-electron chi connectivity index (χ0n) is 12.8. The van der Waals surface area contributed by atoms with Crippen molar-refractivity contribution in [1.82, 2.24) is 10.6 Å². The van der Waals surface area contributed by atoms with Gasteiger partial charge in [0.15, 0.2) is 0 Å². The highest BCUT2D eigenvalue weighted by molar-refractivity contribution is 5.87. The van der Waals surface area contributed by atoms with E-state index in [1.54, 1.807) is 0 Å². The molecular formula is C18H23ClN2O. The SMILES string of the molecule is CC(NC(=O)C1CCCCN1)c1cccc2ccccc12.Cl. The molecule has 3 nitrogen and oxygen atoms in total. The van der Waals surface area contributed by atoms with Crippen molar-refractivity contribution in [3.8, 4) is 0 Å². The monoisotopic (exact) mass is 318 g/mol. The lowest BCUT2D eigenvalue weighted by Gasteiger charge is -2.25. The van der Waals surface area contributed by atoms with Gasteiger partial charge in [-0.3, -0.25) is 4.79 Å². The van der Waals surface area contributed by atoms with E-state index in [4.69, 9.17) is 0 Å². The lowest BCUT2D eigenvalue weighted by atomic mass is 9.98. The lowest BCUT2D eigenvalue weighted by molar-refractivity contribution is -0.124. The van der Waals surface area contributed by atoms with Crippen molar-refractivity contribution in [3.05, 3.63) is 48.0 Å². The van der Waals surface area contributed by atoms with Gasteiger partial charge in [-0.05, 0) is 42.6 Å². The quantitative estimate of drug-likeness (QED) is 0.908. The minimum absolute atomic E-state index is 0. The van der Waals surface area contributed by atoms with E-state index >= 15 is 0 Å². The van der Waals surface area contributed by atoms with Crippen LogP contribution in [0.1, 0.15) is 37.8 Å². The van der Waals surface area contributed by atoms with Crippen LogP contribution in [0, 0.1) is 0 Å². The van der Waals surface area contributed by atoms with Crippen LogP contribution in [0.5, 0.6) is 0 Å². The average Bonchev–Trinajstić information content (AvgIpc) is 2.55. The van der Waals surface area contributed by atoms with Crippen LogP contribution >= 0.6 is 12.4 Å². The highest BCUT2D eigenvalue weighted by Gasteiger charge is 2.22. The number of carbonyl (C=O) groups excluding carboxylic acids is 1. The van der Waals surface area contributed by atoms with E-state index in [1.807, 2.05) is 12.1 Å². The topological polar surface area (TPSA) is 41.1 Å². The molecule has 0 aliphatic carbocycles. The highest BCUT2D eigenvalue weighted by Crippen LogP contribution is 2.24. The number of halogens is 1. The third-order valence-electron chi connectivity index (χ3n) is 4.28. The maximum absolute atomic E-state index is 12.3. The van der Waals surface area contributed by atoms with E-state index in [0.717, 1.165) is 19.4 Å². The third kappa shape index (κ3) is 3.60. The van der Waals surface area contributed by atoms with Crippen molar-refractivity contribution >= 4 is 29.1 Å². The van der Waals surface area contributed by atoms with Crippen LogP contribution in [0.15, 0.2) is 42.5 Å². The molecule has 1 amide bonds. The Hall–Kier alpha value is -1.58. The summed E-state index contributed by atoms with van der Waals surface area (Å²) in [5, 5.41) is 8.88. The Bertz CT molecular complexity index is 633. The van der Waals surface area contributed by atoms with Gasteiger partial charge in [0.05, 0.1) is 12.1 Å². The van der Waals surface area contributed by atoms with Gasteiger partial charge in [0, 0.05) is 0 Å². The zero-order valence-corrected chi connectivity index (χ0v) is 13.7. The Balaban J connectivity index is 0.00000176. The van der Waals surface area contributed by atoms with Crippen LogP contribution in [-0.4, -0.2) is 18.5 Å². The Kier molecular flexibility index (Phi) is 5.81. The van der Waals surface area contributed by atoms with Gasteiger partial charge in [-0.25, -0.2) is 0 Å². The number of nitrogens with one attached hydrogen (secondary N) is 2. The zero-order chi connectivity index (χ0) is 14.7. The number of benzene rings is 2. The third-order valence-corrected chi connectivity index (χ3v) is 4.28. The molecule has 0 spiro atoms. The summed E-state index contributed by atoms with van der Waals surface area (Å²) in [6, 6.07) is 14.6. The summed E-state index contributed by atoms with van der Waals surface area (Å²) in [4.78, 5) is 12.3. The first-order valence-corrected chi connectivity index (χ1v) is 7.77. The number of carbonyl (C=O) groups is 1. The number of amides is 1. The molecular weight excluding hydrogens is 296 g/mol. The summed E-state index contributed by atoms with van der Waals surface area (Å²) in [6.07, 6.45) is 3.24. The van der Waals surface area contributed by atoms with E-state index in [1.165, 1.54) is 22.8 Å². The first-order chi connectivity index (χ1) is 10.3. The summed E-state index contributed by atoms with van der Waals surface area (Å²) >= 11 is 0. The van der Waals surface area contributed by atoms with Gasteiger partial charge in [0.1, 0.15) is 0 Å². The van der Waals surface area contributed by atoms with E-state index in [-0.39, 0.29) is 30.4 Å². The van der Waals surface area contributed by atoms with Gasteiger partial charge in [-0.15, -0.1) is 12.4 Å². The minimum atomic E-state index is -0.0313. The van der Waals surface area contributed by atoms with Gasteiger partial charge >= 0.3 is 0 Å². The van der Waals surface area contributed by atoms with Crippen LogP contribution in [0.25, 0.3) is 10.8 Å². The Labute approximate surface area is 137 Å². The standard InChI is InChI=1S/C18H22N2O.ClH/c1-13(20-18(21)17-11-4-5-12-19-17)15-10-6-8-14-7-2-3-9-16(14)15;/h2-3,6-10,13,17,19H,4-5,11-12H2,1H3,(H,20,21);1H. The molecule has 4 heteroatoms. The van der Waals surface area contributed by atoms with Crippen molar-refractivity contribution in [3.63, 3.8) is 0 Å². The van der Waals surface area contributed by atoms with Crippen molar-refractivity contribution in [2.75, 3.05) is 6.54 Å². The summed E-state index contributed by atoms with van der Waals surface area (Å²) in [5.41, 5.74) is 1.18. The molecule has 0 bridgehead atoms. The summed E-state index contributed by atoms with van der Waals surface area (Å²) < 4.78 is 0. The molecule has 2 atom stereocenters. The Morgan fingerprint density at radius 3 is 2.73 bits per heavy atom. The van der Waals surface area contributed by atoms with Crippen molar-refractivity contribution in [1.29, 1.82) is 0 Å². The molecule has 1 saturated heterocycles. The van der Waals surface area contributed by atoms with Crippen LogP contribution in [0.2, 0.25) is 0 Å². The fourth-order valence-electron chi connectivity index (χ4n) is 3.10. The van der Waals surface area contributed by atoms with Crippen LogP contribution < -0.4 is 10.6 Å². The largest absolute Gasteiger partial charge is 0.348 e. The van der Waals surface area contributed by atoms with Crippen molar-refractivity contribution < 1.29 is 4.79 Å². The molecule has 1 fully saturated rings. The van der Waals surface area contributed by atoms with Gasteiger partial charge < -0.3 is 10.6 Å². The molecule has 2 N–H and O–H groups in total. The second-order valence-electron chi connectivity index (χ2n) is 5.80. The summed E-state index contributed by atoms with van der Waals surface area (Å²) in [5.74, 6) is 0.120. The summed E-state index contributed by atoms with van der Waals surface area (Å²) in [7, 11) is 0. The van der Waals surface area contributed by atoms with Crippen LogP contribution in [0.3, 0.4) is 0 Å². The number of hydrogen-bond acceptors (Lipinski definition) is 2. The predicted molar refractivity (Wildman–Crippen MR) is 93.4 cm³/mol. The van der Waals surface area contributed by atoms with E-state index < -0.39 is 0 Å². The maximum Gasteiger partial charge on any atom is 0.237 e. The lowest BCUT2D eigenvalue weighted by Crippen LogP contribution is -2.47. The normalized spacial score (nSPS) is 19.2. The van der Waals surface area contributed by atoms with Gasteiger partial charge in [0.25, 0.3) is 0 Å². The molecule has 1 aliphatic heterocycles. The molecule has 0 saturated carbocycles. The first-order valence-electron chi connectivity index (χ1n) is 7.77. The van der Waals surface area contributed by atoms with Crippen molar-refractivity contribution in [2.24, 2.45) is 0 Å². The molecule has 2 aromatic carbocycles. The van der Waals surface area contributed by atoms with E-state index in [9.17, 15) is 4.79 Å². The number of fused-ring (bicyclic) bond motifs is 1. The molecule has 118 valence electrons. The predicted octanol–water partition coefficient (Wildman–Crippen LogP) is 3.58. The smallest absolute Gasteiger partial charge is 0.237 e. The first kappa shape index (κ1) is 16.8. The average molecular weight is 319 g/mol. The second kappa shape index (κ2) is 7.61. The van der Waals surface area contributed by atoms with Crippen LogP contribution in [-0.2, 0) is 4.79 Å². The molecule has 2 unspecified atom stereocenters. The molecule has 1 aliphatic rings. The van der Waals surface area contributed by atoms with Gasteiger partial charge in [-0.1, -0.05) is 48.9 Å². The highest BCUT2D eigenvalue weighted by atomic mass is 35.5. The molecule has 0 aromatic heterocycles. The Morgan fingerprint density at radius 1 is 1.18 bits per heavy atom. The summed E-state index contributed by atoms with van der Waals surface area (Å²) in [6.45, 7) is 3.00. The van der Waals surface area contributed by atoms with Crippen molar-refractivity contribution in [2.45, 2.75) is 38.3 Å². The fraction of sp³-hybridized carbons (Fsp3) is 0.389. The maximum atomic E-state index is 12.3. The van der Waals surface area contributed by atoms with E-state index in [2.05, 4.69) is 47.9 Å². The number of rotatable bonds is 3. The molecule has 3 rings (SSSR count). The second-order valence-corrected chi connectivity index (χ2v) is 5.80. The molecule has 22 heavy (non-hydrogen) atoms. The minimum Gasteiger partial charge on any atom is -0.348 e. The Morgan fingerprint density at radius 2 is 1.95 bits per heavy atom.